The molecular weight excluding hydrogens is 500 g/mol. The number of hydrogen-bond donors (Lipinski definition) is 0. The van der Waals surface area contributed by atoms with Gasteiger partial charge in [0.25, 0.3) is 0 Å². The molecule has 2 aliphatic rings. The summed E-state index contributed by atoms with van der Waals surface area (Å²) in [5.41, 5.74) is 0. The van der Waals surface area contributed by atoms with Crippen molar-refractivity contribution in [1.29, 1.82) is 0 Å². The Morgan fingerprint density at radius 1 is 0.718 bits per heavy atom. The van der Waals surface area contributed by atoms with Crippen molar-refractivity contribution in [2.24, 2.45) is 0 Å². The summed E-state index contributed by atoms with van der Waals surface area (Å²) >= 11 is 0. The van der Waals surface area contributed by atoms with E-state index in [2.05, 4.69) is 12.8 Å². The lowest BCUT2D eigenvalue weighted by molar-refractivity contribution is -0.211. The van der Waals surface area contributed by atoms with E-state index in [0.29, 0.717) is 0 Å². The third-order valence-electron chi connectivity index (χ3n) is 7.85. The molecule has 0 aromatic carbocycles. The molecule has 0 radical (unpaired) electrons. The van der Waals surface area contributed by atoms with Crippen LogP contribution in [0.4, 0.5) is 0 Å². The largest absolute Gasteiger partial charge is 0.370 e. The molecule has 2 aliphatic heterocycles. The van der Waals surface area contributed by atoms with E-state index in [0.717, 1.165) is 51.4 Å². The fourth-order valence-electron chi connectivity index (χ4n) is 5.70. The van der Waals surface area contributed by atoms with Crippen molar-refractivity contribution in [1.82, 2.24) is 0 Å². The predicted octanol–water partition coefficient (Wildman–Crippen LogP) is 5.99. The van der Waals surface area contributed by atoms with Crippen LogP contribution in [0.2, 0.25) is 0 Å². The molecule has 0 amide bonds. The van der Waals surface area contributed by atoms with Crippen LogP contribution in [-0.2, 0) is 37.9 Å². The number of terminal acetylenes is 1. The monoisotopic (exact) mass is 556 g/mol. The molecule has 0 saturated carbocycles. The van der Waals surface area contributed by atoms with E-state index in [-0.39, 0.29) is 63.1 Å². The number of ether oxygens (including phenoxy) is 8. The first-order valence-electron chi connectivity index (χ1n) is 15.2. The maximum absolute atomic E-state index is 6.70. The molecule has 8 nitrogen and oxygen atoms in total. The lowest BCUT2D eigenvalue weighted by atomic mass is 9.92. The van der Waals surface area contributed by atoms with E-state index >= 15 is 0 Å². The summed E-state index contributed by atoms with van der Waals surface area (Å²) in [6, 6.07) is 0. The molecule has 2 rings (SSSR count). The van der Waals surface area contributed by atoms with E-state index in [1.807, 2.05) is 0 Å². The third kappa shape index (κ3) is 13.6. The summed E-state index contributed by atoms with van der Waals surface area (Å²) in [7, 11) is 4.94. The average molecular weight is 557 g/mol. The van der Waals surface area contributed by atoms with Crippen LogP contribution in [0.5, 0.6) is 0 Å². The molecule has 0 bridgehead atoms. The van der Waals surface area contributed by atoms with Crippen LogP contribution in [0.3, 0.4) is 0 Å². The zero-order valence-electron chi connectivity index (χ0n) is 25.1. The van der Waals surface area contributed by atoms with Gasteiger partial charge in [0.2, 0.25) is 0 Å². The first-order valence-corrected chi connectivity index (χ1v) is 15.2. The van der Waals surface area contributed by atoms with E-state index in [9.17, 15) is 0 Å². The Labute approximate surface area is 238 Å². The van der Waals surface area contributed by atoms with Gasteiger partial charge in [-0.05, 0) is 44.9 Å². The molecule has 0 N–H and O–H groups in total. The summed E-state index contributed by atoms with van der Waals surface area (Å²) in [5.74, 6) is 2.72. The maximum Gasteiger partial charge on any atom is 0.146 e. The number of hydrogen-bond acceptors (Lipinski definition) is 8. The fourth-order valence-corrected chi connectivity index (χ4v) is 5.70. The van der Waals surface area contributed by atoms with Crippen molar-refractivity contribution in [3.05, 3.63) is 0 Å². The van der Waals surface area contributed by atoms with Gasteiger partial charge in [0.1, 0.15) is 26.5 Å². The molecule has 2 heterocycles. The average Bonchev–Trinajstić information content (AvgIpc) is 3.44. The fraction of sp³-hybridized carbons (Fsp3) is 0.935. The Kier molecular flexibility index (Phi) is 19.4. The van der Waals surface area contributed by atoms with Crippen LogP contribution in [0, 0.1) is 12.3 Å². The molecule has 2 fully saturated rings. The molecule has 0 spiro atoms. The Morgan fingerprint density at radius 3 is 1.85 bits per heavy atom. The van der Waals surface area contributed by atoms with Gasteiger partial charge in [-0.1, -0.05) is 64.2 Å². The first-order chi connectivity index (χ1) is 19.2. The highest BCUT2D eigenvalue weighted by molar-refractivity contribution is 4.99. The summed E-state index contributed by atoms with van der Waals surface area (Å²) < 4.78 is 46.6. The van der Waals surface area contributed by atoms with Crippen molar-refractivity contribution in [3.8, 4) is 12.3 Å². The van der Waals surface area contributed by atoms with Gasteiger partial charge in [-0.15, -0.1) is 6.42 Å². The quantitative estimate of drug-likeness (QED) is 0.0863. The first kappa shape index (κ1) is 34.4. The Hall–Kier alpha value is -0.760. The van der Waals surface area contributed by atoms with Gasteiger partial charge in [0.05, 0.1) is 36.6 Å². The number of rotatable bonds is 23. The third-order valence-corrected chi connectivity index (χ3v) is 7.85. The molecule has 228 valence electrons. The summed E-state index contributed by atoms with van der Waals surface area (Å²) in [5, 5.41) is 0. The number of unbranched alkanes of at least 4 members (excludes halogenated alkanes) is 7. The highest BCUT2D eigenvalue weighted by Crippen LogP contribution is 2.32. The van der Waals surface area contributed by atoms with Crippen LogP contribution in [0.15, 0.2) is 0 Å². The molecule has 0 aliphatic carbocycles. The molecule has 0 unspecified atom stereocenters. The van der Waals surface area contributed by atoms with Crippen molar-refractivity contribution in [2.45, 2.75) is 146 Å². The molecule has 39 heavy (non-hydrogen) atoms. The van der Waals surface area contributed by atoms with Gasteiger partial charge in [0, 0.05) is 21.3 Å². The molecule has 0 aromatic rings. The second kappa shape index (κ2) is 21.9. The van der Waals surface area contributed by atoms with Crippen molar-refractivity contribution in [3.63, 3.8) is 0 Å². The topological polar surface area (TPSA) is 73.8 Å². The highest BCUT2D eigenvalue weighted by Gasteiger charge is 2.38. The van der Waals surface area contributed by atoms with Gasteiger partial charge < -0.3 is 37.9 Å². The van der Waals surface area contributed by atoms with Gasteiger partial charge in [-0.3, -0.25) is 0 Å². The van der Waals surface area contributed by atoms with Gasteiger partial charge in [-0.25, -0.2) is 0 Å². The minimum Gasteiger partial charge on any atom is -0.370 e. The second-order valence-corrected chi connectivity index (χ2v) is 10.9. The SMILES string of the molecule is C#C[C@@H]1CC[C@@H]([C@H](CC[C@H](OCOC)[C@@H]2CC[C@@H](OCOC)[C@H](CCCCCCCCCC)O2)OCOC)O1. The minimum atomic E-state index is -0.146. The lowest BCUT2D eigenvalue weighted by Gasteiger charge is -2.40. The minimum absolute atomic E-state index is 0.0303. The summed E-state index contributed by atoms with van der Waals surface area (Å²) in [4.78, 5) is 0. The summed E-state index contributed by atoms with van der Waals surface area (Å²) in [6.07, 6.45) is 21.5. The molecule has 7 atom stereocenters. The molecule has 2 saturated heterocycles. The van der Waals surface area contributed by atoms with Crippen LogP contribution in [0.25, 0.3) is 0 Å². The number of methoxy groups -OCH3 is 3. The van der Waals surface area contributed by atoms with Crippen molar-refractivity contribution >= 4 is 0 Å². The van der Waals surface area contributed by atoms with E-state index in [1.165, 1.54) is 44.9 Å². The summed E-state index contributed by atoms with van der Waals surface area (Å²) in [6.45, 7) is 2.99. The zero-order chi connectivity index (χ0) is 28.1. The Morgan fingerprint density at radius 2 is 1.28 bits per heavy atom. The van der Waals surface area contributed by atoms with Crippen LogP contribution in [-0.4, -0.2) is 84.4 Å². The van der Waals surface area contributed by atoms with Gasteiger partial charge >= 0.3 is 0 Å². The molecule has 8 heteroatoms. The van der Waals surface area contributed by atoms with Crippen LogP contribution < -0.4 is 0 Å². The molecular formula is C31H56O8. The van der Waals surface area contributed by atoms with E-state index < -0.39 is 0 Å². The standard InChI is InChI=1S/C31H56O8/c1-6-8-9-10-11-12-13-14-15-29-26(35-22-32-3)20-21-31(39-29)28(37-24-34-5)19-18-27(36-23-33-4)30-17-16-25(7-2)38-30/h2,25-31H,6,8-24H2,1,3-5H3/t25-,26-,27+,28+,29+,30+,31+/m1/s1. The predicted molar refractivity (Wildman–Crippen MR) is 151 cm³/mol. The normalized spacial score (nSPS) is 26.9. The van der Waals surface area contributed by atoms with Crippen molar-refractivity contribution in [2.75, 3.05) is 41.7 Å². The molecule has 0 aromatic heterocycles. The van der Waals surface area contributed by atoms with Crippen LogP contribution >= 0.6 is 0 Å². The highest BCUT2D eigenvalue weighted by atomic mass is 16.7. The van der Waals surface area contributed by atoms with E-state index in [4.69, 9.17) is 44.3 Å². The second-order valence-electron chi connectivity index (χ2n) is 10.9. The van der Waals surface area contributed by atoms with Gasteiger partial charge in [-0.2, -0.15) is 0 Å². The van der Waals surface area contributed by atoms with Crippen LogP contribution in [0.1, 0.15) is 103 Å². The zero-order valence-corrected chi connectivity index (χ0v) is 25.1. The van der Waals surface area contributed by atoms with Crippen molar-refractivity contribution < 1.29 is 37.9 Å². The van der Waals surface area contributed by atoms with Gasteiger partial charge in [0.15, 0.2) is 0 Å². The maximum atomic E-state index is 6.70. The Bertz CT molecular complexity index is 626. The Balaban J connectivity index is 1.93. The van der Waals surface area contributed by atoms with E-state index in [1.54, 1.807) is 21.3 Å². The smallest absolute Gasteiger partial charge is 0.146 e. The lowest BCUT2D eigenvalue weighted by Crippen LogP contribution is -2.46.